The molecule has 3 rings (SSSR count). The minimum absolute atomic E-state index is 0.0754. The van der Waals surface area contributed by atoms with Crippen LogP contribution >= 0.6 is 0 Å². The molecule has 0 aliphatic heterocycles. The molecule has 0 saturated carbocycles. The van der Waals surface area contributed by atoms with Gasteiger partial charge in [-0.25, -0.2) is 14.8 Å². The zero-order chi connectivity index (χ0) is 16.9. The number of aromatic carboxylic acids is 1. The number of benzene rings is 2. The molecule has 0 fully saturated rings. The fourth-order valence-corrected chi connectivity index (χ4v) is 2.46. The van der Waals surface area contributed by atoms with Gasteiger partial charge in [-0.05, 0) is 35.4 Å². The maximum Gasteiger partial charge on any atom is 0.339 e. The second kappa shape index (κ2) is 6.93. The molecule has 0 unspecified atom stereocenters. The summed E-state index contributed by atoms with van der Waals surface area (Å²) in [6.07, 6.45) is 1.53. The van der Waals surface area contributed by atoms with Crippen molar-refractivity contribution in [2.45, 2.75) is 0 Å². The van der Waals surface area contributed by atoms with Crippen molar-refractivity contribution < 1.29 is 14.7 Å². The number of aromatic nitrogens is 1. The Morgan fingerprint density at radius 1 is 0.958 bits per heavy atom. The summed E-state index contributed by atoms with van der Waals surface area (Å²) in [5, 5.41) is 10.7. The summed E-state index contributed by atoms with van der Waals surface area (Å²) in [6, 6.07) is 20.7. The molecule has 0 atom stereocenters. The topological polar surface area (TPSA) is 62.7 Å². The van der Waals surface area contributed by atoms with E-state index in [1.165, 1.54) is 24.4 Å². The standard InChI is InChI=1S/C19H16N2O3/c1-24-21(18-17(19(22)23)8-5-13-20-18)16-11-9-15(10-12-16)14-6-3-2-4-7-14/h2-13H,1H3,(H,22,23). The maximum atomic E-state index is 11.4. The lowest BCUT2D eigenvalue weighted by molar-refractivity contribution is 0.0695. The van der Waals surface area contributed by atoms with Gasteiger partial charge in [-0.15, -0.1) is 0 Å². The van der Waals surface area contributed by atoms with Gasteiger partial charge in [0.1, 0.15) is 5.56 Å². The van der Waals surface area contributed by atoms with Crippen LogP contribution in [0.15, 0.2) is 72.9 Å². The van der Waals surface area contributed by atoms with Crippen LogP contribution in [0.4, 0.5) is 11.5 Å². The van der Waals surface area contributed by atoms with Gasteiger partial charge in [0.25, 0.3) is 0 Å². The lowest BCUT2D eigenvalue weighted by Gasteiger charge is -2.22. The Bertz CT molecular complexity index is 833. The first kappa shape index (κ1) is 15.7. The minimum Gasteiger partial charge on any atom is -0.478 e. The molecular formula is C19H16N2O3. The van der Waals surface area contributed by atoms with Crippen LogP contribution < -0.4 is 5.06 Å². The van der Waals surface area contributed by atoms with Gasteiger partial charge in [0, 0.05) is 6.20 Å². The van der Waals surface area contributed by atoms with Crippen LogP contribution in [0.25, 0.3) is 11.1 Å². The molecular weight excluding hydrogens is 304 g/mol. The number of anilines is 2. The van der Waals surface area contributed by atoms with Gasteiger partial charge in [-0.1, -0.05) is 42.5 Å². The van der Waals surface area contributed by atoms with E-state index in [2.05, 4.69) is 4.98 Å². The number of rotatable bonds is 5. The van der Waals surface area contributed by atoms with Crippen LogP contribution in [-0.4, -0.2) is 23.2 Å². The third kappa shape index (κ3) is 3.11. The smallest absolute Gasteiger partial charge is 0.339 e. The zero-order valence-corrected chi connectivity index (χ0v) is 13.1. The molecule has 3 aromatic rings. The van der Waals surface area contributed by atoms with Crippen molar-refractivity contribution in [1.29, 1.82) is 0 Å². The largest absolute Gasteiger partial charge is 0.478 e. The van der Waals surface area contributed by atoms with Crippen molar-refractivity contribution in [2.24, 2.45) is 0 Å². The molecule has 5 nitrogen and oxygen atoms in total. The van der Waals surface area contributed by atoms with Crippen molar-refractivity contribution in [3.63, 3.8) is 0 Å². The Hall–Kier alpha value is -3.18. The number of carboxylic acid groups (broad SMARTS) is 1. The summed E-state index contributed by atoms with van der Waals surface area (Å²) < 4.78 is 0. The first-order valence-corrected chi connectivity index (χ1v) is 7.38. The van der Waals surface area contributed by atoms with E-state index in [-0.39, 0.29) is 11.4 Å². The van der Waals surface area contributed by atoms with E-state index in [0.29, 0.717) is 5.69 Å². The molecule has 5 heteroatoms. The molecule has 0 spiro atoms. The lowest BCUT2D eigenvalue weighted by atomic mass is 10.1. The van der Waals surface area contributed by atoms with Crippen LogP contribution in [0.2, 0.25) is 0 Å². The van der Waals surface area contributed by atoms with Crippen molar-refractivity contribution in [2.75, 3.05) is 12.2 Å². The molecule has 0 aliphatic carbocycles. The number of carboxylic acids is 1. The second-order valence-electron chi connectivity index (χ2n) is 5.07. The van der Waals surface area contributed by atoms with E-state index in [1.807, 2.05) is 54.6 Å². The molecule has 0 aliphatic rings. The molecule has 1 aromatic heterocycles. The molecule has 0 radical (unpaired) electrons. The number of pyridine rings is 1. The first-order valence-electron chi connectivity index (χ1n) is 7.38. The normalized spacial score (nSPS) is 10.4. The van der Waals surface area contributed by atoms with Gasteiger partial charge in [-0.3, -0.25) is 4.84 Å². The van der Waals surface area contributed by atoms with E-state index < -0.39 is 5.97 Å². The fourth-order valence-electron chi connectivity index (χ4n) is 2.46. The predicted octanol–water partition coefficient (Wildman–Crippen LogP) is 4.15. The maximum absolute atomic E-state index is 11.4. The third-order valence-corrected chi connectivity index (χ3v) is 3.60. The minimum atomic E-state index is -1.05. The van der Waals surface area contributed by atoms with E-state index in [4.69, 9.17) is 4.84 Å². The van der Waals surface area contributed by atoms with Crippen molar-refractivity contribution in [3.8, 4) is 11.1 Å². The van der Waals surface area contributed by atoms with Crippen LogP contribution in [0.5, 0.6) is 0 Å². The van der Waals surface area contributed by atoms with Crippen LogP contribution in [0.3, 0.4) is 0 Å². The SMILES string of the molecule is CON(c1ccc(-c2ccccc2)cc1)c1ncccc1C(=O)O. The first-order chi connectivity index (χ1) is 11.7. The Labute approximate surface area is 139 Å². The highest BCUT2D eigenvalue weighted by atomic mass is 16.7. The van der Waals surface area contributed by atoms with E-state index in [1.54, 1.807) is 6.07 Å². The van der Waals surface area contributed by atoms with Crippen molar-refractivity contribution in [1.82, 2.24) is 4.98 Å². The van der Waals surface area contributed by atoms with Crippen LogP contribution in [0.1, 0.15) is 10.4 Å². The van der Waals surface area contributed by atoms with E-state index in [9.17, 15) is 9.90 Å². The van der Waals surface area contributed by atoms with Crippen LogP contribution in [0, 0.1) is 0 Å². The molecule has 0 amide bonds. The van der Waals surface area contributed by atoms with E-state index >= 15 is 0 Å². The molecule has 1 N–H and O–H groups in total. The number of carbonyl (C=O) groups is 1. The fraction of sp³-hybridized carbons (Fsp3) is 0.0526. The Kier molecular flexibility index (Phi) is 4.54. The summed E-state index contributed by atoms with van der Waals surface area (Å²) in [7, 11) is 1.48. The average Bonchev–Trinajstić information content (AvgIpc) is 2.64. The zero-order valence-electron chi connectivity index (χ0n) is 13.1. The highest BCUT2D eigenvalue weighted by Gasteiger charge is 2.18. The van der Waals surface area contributed by atoms with Gasteiger partial charge in [0.05, 0.1) is 12.8 Å². The van der Waals surface area contributed by atoms with E-state index in [0.717, 1.165) is 11.1 Å². The quantitative estimate of drug-likeness (QED) is 0.716. The Morgan fingerprint density at radius 3 is 2.25 bits per heavy atom. The molecule has 0 bridgehead atoms. The van der Waals surface area contributed by atoms with Gasteiger partial charge in [0.15, 0.2) is 5.82 Å². The van der Waals surface area contributed by atoms with Crippen molar-refractivity contribution >= 4 is 17.5 Å². The molecule has 24 heavy (non-hydrogen) atoms. The highest BCUT2D eigenvalue weighted by molar-refractivity contribution is 5.94. The number of hydrogen-bond acceptors (Lipinski definition) is 4. The summed E-state index contributed by atoms with van der Waals surface area (Å²) in [5.74, 6) is -0.819. The molecule has 120 valence electrons. The Morgan fingerprint density at radius 2 is 1.62 bits per heavy atom. The predicted molar refractivity (Wildman–Crippen MR) is 92.2 cm³/mol. The lowest BCUT2D eigenvalue weighted by Crippen LogP contribution is -2.19. The number of hydrogen-bond donors (Lipinski definition) is 1. The molecule has 2 aromatic carbocycles. The summed E-state index contributed by atoms with van der Waals surface area (Å²) >= 11 is 0. The summed E-state index contributed by atoms with van der Waals surface area (Å²) in [6.45, 7) is 0. The van der Waals surface area contributed by atoms with Gasteiger partial charge >= 0.3 is 5.97 Å². The van der Waals surface area contributed by atoms with Gasteiger partial charge < -0.3 is 5.11 Å². The monoisotopic (exact) mass is 320 g/mol. The van der Waals surface area contributed by atoms with Crippen LogP contribution in [-0.2, 0) is 4.84 Å². The molecule has 1 heterocycles. The second-order valence-corrected chi connectivity index (χ2v) is 5.07. The molecule has 0 saturated heterocycles. The average molecular weight is 320 g/mol. The summed E-state index contributed by atoms with van der Waals surface area (Å²) in [5.41, 5.74) is 2.94. The summed E-state index contributed by atoms with van der Waals surface area (Å²) in [4.78, 5) is 20.9. The van der Waals surface area contributed by atoms with Crippen molar-refractivity contribution in [3.05, 3.63) is 78.5 Å². The highest BCUT2D eigenvalue weighted by Crippen LogP contribution is 2.29. The third-order valence-electron chi connectivity index (χ3n) is 3.60. The van der Waals surface area contributed by atoms with Gasteiger partial charge in [-0.2, -0.15) is 0 Å². The Balaban J connectivity index is 1.97. The number of nitrogens with zero attached hydrogens (tertiary/aromatic N) is 2. The van der Waals surface area contributed by atoms with Gasteiger partial charge in [0.2, 0.25) is 0 Å².